The molecule has 1 aliphatic heterocycles. The third-order valence-electron chi connectivity index (χ3n) is 5.53. The molecule has 1 saturated carbocycles. The van der Waals surface area contributed by atoms with E-state index in [1.54, 1.807) is 12.1 Å². The molecule has 1 nitrogen and oxygen atoms in total. The molecule has 1 aliphatic carbocycles. The van der Waals surface area contributed by atoms with Gasteiger partial charge in [0, 0.05) is 4.90 Å². The van der Waals surface area contributed by atoms with Gasteiger partial charge in [-0.1, -0.05) is 19.3 Å². The second-order valence-electron chi connectivity index (χ2n) is 7.06. The van der Waals surface area contributed by atoms with Crippen LogP contribution in [-0.4, -0.2) is 30.3 Å². The number of halogens is 1. The van der Waals surface area contributed by atoms with E-state index in [2.05, 4.69) is 4.90 Å². The summed E-state index contributed by atoms with van der Waals surface area (Å²) in [5, 5.41) is 0. The minimum Gasteiger partial charge on any atom is -0.303 e. The van der Waals surface area contributed by atoms with Crippen molar-refractivity contribution in [2.75, 3.05) is 25.4 Å². The van der Waals surface area contributed by atoms with Gasteiger partial charge in [0.15, 0.2) is 0 Å². The summed E-state index contributed by atoms with van der Waals surface area (Å²) < 4.78 is 12.9. The molecule has 3 rings (SSSR count). The number of nitrogens with zero attached hydrogens (tertiary/aromatic N) is 1. The van der Waals surface area contributed by atoms with Crippen LogP contribution < -0.4 is 0 Å². The standard InChI is InChI=1S/C19H28FNS/c20-17-5-7-18(8-6-17)22-16-4-13-21-14-11-19(12-15-21)9-2-1-3-10-19/h5-8H,1-4,9-16H2. The van der Waals surface area contributed by atoms with E-state index in [0.717, 1.165) is 11.2 Å². The lowest BCUT2D eigenvalue weighted by atomic mass is 9.68. The van der Waals surface area contributed by atoms with Gasteiger partial charge in [0.1, 0.15) is 5.82 Å². The minimum atomic E-state index is -0.144. The van der Waals surface area contributed by atoms with Crippen LogP contribution in [0.5, 0.6) is 0 Å². The summed E-state index contributed by atoms with van der Waals surface area (Å²) in [6.07, 6.45) is 11.5. The molecule has 0 unspecified atom stereocenters. The van der Waals surface area contributed by atoms with Crippen molar-refractivity contribution in [3.8, 4) is 0 Å². The van der Waals surface area contributed by atoms with Crippen molar-refractivity contribution in [3.05, 3.63) is 30.1 Å². The molecule has 0 N–H and O–H groups in total. The zero-order valence-corrected chi connectivity index (χ0v) is 14.3. The third kappa shape index (κ3) is 4.48. The van der Waals surface area contributed by atoms with Crippen molar-refractivity contribution in [3.63, 3.8) is 0 Å². The molecule has 0 aromatic heterocycles. The average molecular weight is 322 g/mol. The zero-order chi connectivity index (χ0) is 15.3. The first-order valence-electron chi connectivity index (χ1n) is 8.87. The summed E-state index contributed by atoms with van der Waals surface area (Å²) in [4.78, 5) is 3.84. The number of likely N-dealkylation sites (tertiary alicyclic amines) is 1. The van der Waals surface area contributed by atoms with Gasteiger partial charge in [-0.3, -0.25) is 0 Å². The molecule has 0 atom stereocenters. The Morgan fingerprint density at radius 2 is 1.64 bits per heavy atom. The lowest BCUT2D eigenvalue weighted by molar-refractivity contribution is 0.0681. The molecule has 122 valence electrons. The monoisotopic (exact) mass is 321 g/mol. The fraction of sp³-hybridized carbons (Fsp3) is 0.684. The van der Waals surface area contributed by atoms with Gasteiger partial charge in [0.2, 0.25) is 0 Å². The van der Waals surface area contributed by atoms with Crippen molar-refractivity contribution in [2.45, 2.75) is 56.3 Å². The van der Waals surface area contributed by atoms with E-state index >= 15 is 0 Å². The van der Waals surface area contributed by atoms with Gasteiger partial charge in [-0.15, -0.1) is 11.8 Å². The molecule has 1 aromatic rings. The number of benzene rings is 1. The minimum absolute atomic E-state index is 0.144. The number of piperidine rings is 1. The van der Waals surface area contributed by atoms with Crippen LogP contribution in [0.1, 0.15) is 51.4 Å². The Labute approximate surface area is 138 Å². The molecule has 1 heterocycles. The van der Waals surface area contributed by atoms with E-state index in [4.69, 9.17) is 0 Å². The summed E-state index contributed by atoms with van der Waals surface area (Å²) in [6.45, 7) is 3.84. The molecule has 0 bridgehead atoms. The molecule has 3 heteroatoms. The molecule has 1 aromatic carbocycles. The highest BCUT2D eigenvalue weighted by Crippen LogP contribution is 2.44. The normalized spacial score (nSPS) is 22.0. The van der Waals surface area contributed by atoms with Gasteiger partial charge < -0.3 is 4.90 Å². The summed E-state index contributed by atoms with van der Waals surface area (Å²) >= 11 is 1.85. The molecule has 2 aliphatic rings. The summed E-state index contributed by atoms with van der Waals surface area (Å²) in [6, 6.07) is 6.87. The topological polar surface area (TPSA) is 3.24 Å². The van der Waals surface area contributed by atoms with E-state index in [1.165, 1.54) is 75.9 Å². The summed E-state index contributed by atoms with van der Waals surface area (Å²) in [5.74, 6) is 0.988. The Balaban J connectivity index is 1.32. The van der Waals surface area contributed by atoms with E-state index in [1.807, 2.05) is 23.9 Å². The highest BCUT2D eigenvalue weighted by Gasteiger charge is 2.35. The summed E-state index contributed by atoms with van der Waals surface area (Å²) in [7, 11) is 0. The predicted molar refractivity (Wildman–Crippen MR) is 92.9 cm³/mol. The molecule has 22 heavy (non-hydrogen) atoms. The van der Waals surface area contributed by atoms with Crippen LogP contribution in [0.25, 0.3) is 0 Å². The van der Waals surface area contributed by atoms with E-state index < -0.39 is 0 Å². The summed E-state index contributed by atoms with van der Waals surface area (Å²) in [5.41, 5.74) is 0.720. The second kappa shape index (κ2) is 7.83. The van der Waals surface area contributed by atoms with Crippen LogP contribution in [0.2, 0.25) is 0 Å². The van der Waals surface area contributed by atoms with Crippen LogP contribution in [0, 0.1) is 11.2 Å². The largest absolute Gasteiger partial charge is 0.303 e. The fourth-order valence-corrected chi connectivity index (χ4v) is 4.90. The maximum absolute atomic E-state index is 12.9. The Kier molecular flexibility index (Phi) is 5.81. The van der Waals surface area contributed by atoms with Crippen LogP contribution in [0.15, 0.2) is 29.2 Å². The highest BCUT2D eigenvalue weighted by molar-refractivity contribution is 7.99. The van der Waals surface area contributed by atoms with Crippen LogP contribution in [-0.2, 0) is 0 Å². The predicted octanol–water partition coefficient (Wildman–Crippen LogP) is 5.35. The van der Waals surface area contributed by atoms with Crippen LogP contribution in [0.4, 0.5) is 4.39 Å². The molecule has 1 saturated heterocycles. The van der Waals surface area contributed by atoms with Crippen molar-refractivity contribution >= 4 is 11.8 Å². The van der Waals surface area contributed by atoms with Gasteiger partial charge in [-0.05, 0) is 87.2 Å². The lowest BCUT2D eigenvalue weighted by Gasteiger charge is -2.44. The fourth-order valence-electron chi connectivity index (χ4n) is 4.06. The molecule has 0 radical (unpaired) electrons. The van der Waals surface area contributed by atoms with Crippen molar-refractivity contribution in [2.24, 2.45) is 5.41 Å². The molecule has 2 fully saturated rings. The molecular formula is C19H28FNS. The van der Waals surface area contributed by atoms with Gasteiger partial charge >= 0.3 is 0 Å². The van der Waals surface area contributed by atoms with Gasteiger partial charge in [-0.2, -0.15) is 0 Å². The van der Waals surface area contributed by atoms with Crippen LogP contribution in [0.3, 0.4) is 0 Å². The van der Waals surface area contributed by atoms with Gasteiger partial charge in [0.05, 0.1) is 0 Å². The molecule has 1 spiro atoms. The highest BCUT2D eigenvalue weighted by atomic mass is 32.2. The Morgan fingerprint density at radius 3 is 2.32 bits per heavy atom. The Bertz CT molecular complexity index is 443. The Hall–Kier alpha value is -0.540. The van der Waals surface area contributed by atoms with Gasteiger partial charge in [0.25, 0.3) is 0 Å². The SMILES string of the molecule is Fc1ccc(SCCCN2CCC3(CCCCC3)CC2)cc1. The van der Waals surface area contributed by atoms with Crippen molar-refractivity contribution < 1.29 is 4.39 Å². The first-order chi connectivity index (χ1) is 10.8. The van der Waals surface area contributed by atoms with Crippen LogP contribution >= 0.6 is 11.8 Å². The second-order valence-corrected chi connectivity index (χ2v) is 8.23. The number of thioether (sulfide) groups is 1. The van der Waals surface area contributed by atoms with E-state index in [9.17, 15) is 4.39 Å². The van der Waals surface area contributed by atoms with E-state index in [0.29, 0.717) is 0 Å². The number of hydrogen-bond donors (Lipinski definition) is 0. The maximum atomic E-state index is 12.9. The maximum Gasteiger partial charge on any atom is 0.123 e. The third-order valence-corrected chi connectivity index (χ3v) is 6.63. The lowest BCUT2D eigenvalue weighted by Crippen LogP contribution is -2.41. The first-order valence-corrected chi connectivity index (χ1v) is 9.85. The Morgan fingerprint density at radius 1 is 0.955 bits per heavy atom. The quantitative estimate of drug-likeness (QED) is 0.531. The van der Waals surface area contributed by atoms with Gasteiger partial charge in [-0.25, -0.2) is 4.39 Å². The number of rotatable bonds is 5. The first kappa shape index (κ1) is 16.3. The number of hydrogen-bond acceptors (Lipinski definition) is 2. The molecule has 0 amide bonds. The van der Waals surface area contributed by atoms with Crippen molar-refractivity contribution in [1.82, 2.24) is 4.90 Å². The molecular weight excluding hydrogens is 293 g/mol. The smallest absolute Gasteiger partial charge is 0.123 e. The average Bonchev–Trinajstić information content (AvgIpc) is 2.56. The zero-order valence-electron chi connectivity index (χ0n) is 13.5. The van der Waals surface area contributed by atoms with E-state index in [-0.39, 0.29) is 5.82 Å². The van der Waals surface area contributed by atoms with Crippen molar-refractivity contribution in [1.29, 1.82) is 0 Å².